The van der Waals surface area contributed by atoms with Gasteiger partial charge in [-0.05, 0) is 32.9 Å². The van der Waals surface area contributed by atoms with Gasteiger partial charge in [0, 0.05) is 18.9 Å². The molecule has 0 aliphatic heterocycles. The number of nitrogens with one attached hydrogen (secondary N) is 1. The minimum absolute atomic E-state index is 0.156. The molecule has 4 heteroatoms. The number of para-hydroxylation sites is 1. The highest BCUT2D eigenvalue weighted by Crippen LogP contribution is 2.26. The molecule has 104 valence electrons. The maximum absolute atomic E-state index is 11.6. The van der Waals surface area contributed by atoms with Gasteiger partial charge in [-0.1, -0.05) is 18.2 Å². The van der Waals surface area contributed by atoms with Crippen molar-refractivity contribution >= 4 is 6.09 Å². The van der Waals surface area contributed by atoms with Gasteiger partial charge in [-0.3, -0.25) is 0 Å². The Balaban J connectivity index is 1.68. The number of rotatable bonds is 3. The van der Waals surface area contributed by atoms with E-state index in [2.05, 4.69) is 5.32 Å². The standard InChI is InChI=1S/C15H21NO3/c1-15(2,3)19-14(17)16-11-9-13(10-11)18-12-7-5-4-6-8-12/h4-8,11,13H,9-10H2,1-3H3,(H,16,17)/t11-,13-. The SMILES string of the molecule is CC(C)(C)OC(=O)N[C@H]1C[C@H](Oc2ccccc2)C1. The average molecular weight is 263 g/mol. The maximum atomic E-state index is 11.6. The van der Waals surface area contributed by atoms with E-state index in [1.54, 1.807) is 0 Å². The van der Waals surface area contributed by atoms with Crippen molar-refractivity contribution in [2.45, 2.75) is 51.4 Å². The molecule has 1 aromatic rings. The van der Waals surface area contributed by atoms with Crippen molar-refractivity contribution in [2.24, 2.45) is 0 Å². The summed E-state index contributed by atoms with van der Waals surface area (Å²) in [5.41, 5.74) is -0.451. The molecule has 0 unspecified atom stereocenters. The summed E-state index contributed by atoms with van der Waals surface area (Å²) in [6.07, 6.45) is 1.49. The molecule has 4 nitrogen and oxygen atoms in total. The van der Waals surface area contributed by atoms with Gasteiger partial charge in [0.25, 0.3) is 0 Å². The summed E-state index contributed by atoms with van der Waals surface area (Å²) in [7, 11) is 0. The van der Waals surface area contributed by atoms with E-state index in [1.807, 2.05) is 51.1 Å². The van der Waals surface area contributed by atoms with Gasteiger partial charge in [0.1, 0.15) is 17.5 Å². The van der Waals surface area contributed by atoms with Crippen LogP contribution < -0.4 is 10.1 Å². The Morgan fingerprint density at radius 1 is 1.21 bits per heavy atom. The van der Waals surface area contributed by atoms with Crippen LogP contribution in [0.4, 0.5) is 4.79 Å². The molecule has 0 heterocycles. The van der Waals surface area contributed by atoms with Crippen LogP contribution in [0, 0.1) is 0 Å². The summed E-state index contributed by atoms with van der Waals surface area (Å²) in [6, 6.07) is 9.89. The number of alkyl carbamates (subject to hydrolysis) is 1. The normalized spacial score (nSPS) is 22.3. The van der Waals surface area contributed by atoms with Crippen molar-refractivity contribution < 1.29 is 14.3 Å². The molecular weight excluding hydrogens is 242 g/mol. The molecule has 1 amide bonds. The van der Waals surface area contributed by atoms with Crippen LogP contribution in [0.25, 0.3) is 0 Å². The number of benzene rings is 1. The molecule has 2 rings (SSSR count). The van der Waals surface area contributed by atoms with Crippen LogP contribution in [0.5, 0.6) is 5.75 Å². The molecule has 0 saturated heterocycles. The quantitative estimate of drug-likeness (QED) is 0.911. The van der Waals surface area contributed by atoms with E-state index in [0.29, 0.717) is 0 Å². The highest BCUT2D eigenvalue weighted by atomic mass is 16.6. The van der Waals surface area contributed by atoms with E-state index < -0.39 is 5.60 Å². The van der Waals surface area contributed by atoms with Crippen LogP contribution in [0.2, 0.25) is 0 Å². The Bertz CT molecular complexity index is 419. The summed E-state index contributed by atoms with van der Waals surface area (Å²) in [5.74, 6) is 0.878. The summed E-state index contributed by atoms with van der Waals surface area (Å²) in [5, 5.41) is 2.85. The average Bonchev–Trinajstić information content (AvgIpc) is 2.25. The van der Waals surface area contributed by atoms with Crippen LogP contribution in [-0.2, 0) is 4.74 Å². The third kappa shape index (κ3) is 4.47. The Labute approximate surface area is 114 Å². The minimum Gasteiger partial charge on any atom is -0.490 e. The molecular formula is C15H21NO3. The topological polar surface area (TPSA) is 47.6 Å². The van der Waals surface area contributed by atoms with Crippen molar-refractivity contribution in [1.29, 1.82) is 0 Å². The fourth-order valence-corrected chi connectivity index (χ4v) is 1.95. The zero-order valence-corrected chi connectivity index (χ0v) is 11.7. The molecule has 1 fully saturated rings. The molecule has 1 saturated carbocycles. The first-order valence-corrected chi connectivity index (χ1v) is 6.63. The summed E-state index contributed by atoms with van der Waals surface area (Å²) in [6.45, 7) is 5.57. The third-order valence-corrected chi connectivity index (χ3v) is 2.86. The van der Waals surface area contributed by atoms with Gasteiger partial charge in [0.15, 0.2) is 0 Å². The number of amides is 1. The van der Waals surface area contributed by atoms with Crippen molar-refractivity contribution in [2.75, 3.05) is 0 Å². The third-order valence-electron chi connectivity index (χ3n) is 2.86. The van der Waals surface area contributed by atoms with Crippen LogP contribution in [0.3, 0.4) is 0 Å². The number of carbonyl (C=O) groups is 1. The molecule has 0 aromatic heterocycles. The van der Waals surface area contributed by atoms with Gasteiger partial charge in [-0.25, -0.2) is 4.79 Å². The van der Waals surface area contributed by atoms with Crippen molar-refractivity contribution in [3.05, 3.63) is 30.3 Å². The second-order valence-electron chi connectivity index (χ2n) is 5.87. The predicted molar refractivity (Wildman–Crippen MR) is 73.2 cm³/mol. The zero-order valence-electron chi connectivity index (χ0n) is 11.7. The molecule has 19 heavy (non-hydrogen) atoms. The van der Waals surface area contributed by atoms with Crippen molar-refractivity contribution in [3.63, 3.8) is 0 Å². The Morgan fingerprint density at radius 2 is 1.84 bits per heavy atom. The smallest absolute Gasteiger partial charge is 0.407 e. The largest absolute Gasteiger partial charge is 0.490 e. The Morgan fingerprint density at radius 3 is 2.42 bits per heavy atom. The van der Waals surface area contributed by atoms with Crippen LogP contribution in [0.15, 0.2) is 30.3 Å². The lowest BCUT2D eigenvalue weighted by atomic mass is 9.89. The van der Waals surface area contributed by atoms with Crippen LogP contribution in [0.1, 0.15) is 33.6 Å². The Hall–Kier alpha value is -1.71. The van der Waals surface area contributed by atoms with Gasteiger partial charge < -0.3 is 14.8 Å². The first-order valence-electron chi connectivity index (χ1n) is 6.63. The zero-order chi connectivity index (χ0) is 13.9. The van der Waals surface area contributed by atoms with E-state index in [1.165, 1.54) is 0 Å². The fraction of sp³-hybridized carbons (Fsp3) is 0.533. The first kappa shape index (κ1) is 13.7. The first-order chi connectivity index (χ1) is 8.92. The lowest BCUT2D eigenvalue weighted by Gasteiger charge is -2.36. The second-order valence-corrected chi connectivity index (χ2v) is 5.87. The predicted octanol–water partition coefficient (Wildman–Crippen LogP) is 3.12. The fourth-order valence-electron chi connectivity index (χ4n) is 1.95. The summed E-state index contributed by atoms with van der Waals surface area (Å²) in [4.78, 5) is 11.6. The number of hydrogen-bond donors (Lipinski definition) is 1. The summed E-state index contributed by atoms with van der Waals surface area (Å²) >= 11 is 0. The maximum Gasteiger partial charge on any atom is 0.407 e. The number of carbonyl (C=O) groups excluding carboxylic acids is 1. The van der Waals surface area contributed by atoms with Crippen molar-refractivity contribution in [1.82, 2.24) is 5.32 Å². The van der Waals surface area contributed by atoms with Gasteiger partial charge in [-0.2, -0.15) is 0 Å². The van der Waals surface area contributed by atoms with E-state index in [4.69, 9.17) is 9.47 Å². The Kier molecular flexibility index (Phi) is 3.98. The van der Waals surface area contributed by atoms with Gasteiger partial charge in [0.05, 0.1) is 0 Å². The highest BCUT2D eigenvalue weighted by Gasteiger charge is 2.33. The molecule has 0 spiro atoms. The molecule has 0 bridgehead atoms. The number of hydrogen-bond acceptors (Lipinski definition) is 3. The van der Waals surface area contributed by atoms with Crippen LogP contribution >= 0.6 is 0 Å². The molecule has 0 atom stereocenters. The van der Waals surface area contributed by atoms with E-state index in [-0.39, 0.29) is 18.2 Å². The molecule has 0 radical (unpaired) electrons. The van der Waals surface area contributed by atoms with Gasteiger partial charge in [0.2, 0.25) is 0 Å². The molecule has 1 N–H and O–H groups in total. The second kappa shape index (κ2) is 5.51. The molecule has 1 aliphatic carbocycles. The molecule has 1 aliphatic rings. The van der Waals surface area contributed by atoms with Gasteiger partial charge >= 0.3 is 6.09 Å². The monoisotopic (exact) mass is 263 g/mol. The van der Waals surface area contributed by atoms with Gasteiger partial charge in [-0.15, -0.1) is 0 Å². The van der Waals surface area contributed by atoms with E-state index in [0.717, 1.165) is 18.6 Å². The van der Waals surface area contributed by atoms with Crippen LogP contribution in [-0.4, -0.2) is 23.8 Å². The number of ether oxygens (including phenoxy) is 2. The minimum atomic E-state index is -0.451. The van der Waals surface area contributed by atoms with E-state index >= 15 is 0 Å². The summed E-state index contributed by atoms with van der Waals surface area (Å²) < 4.78 is 11.0. The van der Waals surface area contributed by atoms with E-state index in [9.17, 15) is 4.79 Å². The highest BCUT2D eigenvalue weighted by molar-refractivity contribution is 5.68. The van der Waals surface area contributed by atoms with Crippen molar-refractivity contribution in [3.8, 4) is 5.75 Å². The molecule has 1 aromatic carbocycles. The lowest BCUT2D eigenvalue weighted by Crippen LogP contribution is -2.50. The lowest BCUT2D eigenvalue weighted by molar-refractivity contribution is 0.0363.